The summed E-state index contributed by atoms with van der Waals surface area (Å²) in [5.74, 6) is 1.25. The number of nitrogens with zero attached hydrogens (tertiary/aromatic N) is 2. The van der Waals surface area contributed by atoms with Crippen molar-refractivity contribution in [1.29, 1.82) is 0 Å². The highest BCUT2D eigenvalue weighted by Crippen LogP contribution is 2.28. The first-order valence-electron chi connectivity index (χ1n) is 9.98. The number of carbonyl (C=O) groups is 1. The zero-order chi connectivity index (χ0) is 20.2. The molecule has 1 amide bonds. The molecule has 0 aliphatic carbocycles. The van der Waals surface area contributed by atoms with E-state index in [0.29, 0.717) is 17.1 Å². The minimum Gasteiger partial charge on any atom is -0.493 e. The number of methoxy groups -OCH3 is 2. The molecule has 3 aromatic rings. The Labute approximate surface area is 171 Å². The van der Waals surface area contributed by atoms with Crippen molar-refractivity contribution in [2.24, 2.45) is 0 Å². The van der Waals surface area contributed by atoms with Crippen molar-refractivity contribution in [2.75, 3.05) is 46.9 Å². The fourth-order valence-electron chi connectivity index (χ4n) is 3.94. The average molecular weight is 393 g/mol. The molecule has 2 heterocycles. The standard InChI is InChI=1S/C23H27N3O3/c1-28-21-8-7-17(15-22(21)29-2)23(27)26-13-11-25(12-14-26)10-9-18-16-24-20-6-4-3-5-19(18)20/h3-8,15-16,24H,9-14H2,1-2H3. The second-order valence-corrected chi connectivity index (χ2v) is 7.31. The molecule has 4 rings (SSSR count). The number of benzene rings is 2. The summed E-state index contributed by atoms with van der Waals surface area (Å²) in [4.78, 5) is 20.6. The number of aromatic nitrogens is 1. The third kappa shape index (κ3) is 4.07. The molecule has 0 atom stereocenters. The van der Waals surface area contributed by atoms with Gasteiger partial charge < -0.3 is 19.4 Å². The van der Waals surface area contributed by atoms with Gasteiger partial charge in [0.2, 0.25) is 0 Å². The van der Waals surface area contributed by atoms with Gasteiger partial charge in [-0.25, -0.2) is 0 Å². The normalized spacial score (nSPS) is 14.9. The van der Waals surface area contributed by atoms with Gasteiger partial charge in [0.15, 0.2) is 11.5 Å². The van der Waals surface area contributed by atoms with Crippen LogP contribution in [-0.2, 0) is 6.42 Å². The summed E-state index contributed by atoms with van der Waals surface area (Å²) in [6.07, 6.45) is 3.12. The van der Waals surface area contributed by atoms with Crippen LogP contribution in [0.2, 0.25) is 0 Å². The van der Waals surface area contributed by atoms with Crippen LogP contribution in [0.5, 0.6) is 11.5 Å². The Hall–Kier alpha value is -2.99. The molecule has 0 unspecified atom stereocenters. The zero-order valence-corrected chi connectivity index (χ0v) is 17.0. The van der Waals surface area contributed by atoms with Crippen molar-refractivity contribution in [3.63, 3.8) is 0 Å². The van der Waals surface area contributed by atoms with Gasteiger partial charge in [-0.2, -0.15) is 0 Å². The number of rotatable bonds is 6. The highest BCUT2D eigenvalue weighted by Gasteiger charge is 2.23. The maximum Gasteiger partial charge on any atom is 0.254 e. The fraction of sp³-hybridized carbons (Fsp3) is 0.348. The molecule has 1 aliphatic rings. The summed E-state index contributed by atoms with van der Waals surface area (Å²) < 4.78 is 10.6. The van der Waals surface area contributed by atoms with Gasteiger partial charge >= 0.3 is 0 Å². The molecule has 0 bridgehead atoms. The summed E-state index contributed by atoms with van der Waals surface area (Å²) >= 11 is 0. The molecular weight excluding hydrogens is 366 g/mol. The van der Waals surface area contributed by atoms with E-state index in [-0.39, 0.29) is 5.91 Å². The highest BCUT2D eigenvalue weighted by atomic mass is 16.5. The van der Waals surface area contributed by atoms with E-state index < -0.39 is 0 Å². The Morgan fingerprint density at radius 1 is 1.00 bits per heavy atom. The summed E-state index contributed by atoms with van der Waals surface area (Å²) in [7, 11) is 3.17. The Morgan fingerprint density at radius 2 is 1.76 bits per heavy atom. The van der Waals surface area contributed by atoms with E-state index in [4.69, 9.17) is 9.47 Å². The molecular formula is C23H27N3O3. The smallest absolute Gasteiger partial charge is 0.254 e. The Balaban J connectivity index is 1.32. The van der Waals surface area contributed by atoms with E-state index in [1.165, 1.54) is 16.5 Å². The first-order valence-corrected chi connectivity index (χ1v) is 9.98. The van der Waals surface area contributed by atoms with Gasteiger partial charge in [-0.15, -0.1) is 0 Å². The molecule has 29 heavy (non-hydrogen) atoms. The first kappa shape index (κ1) is 19.3. The fourth-order valence-corrected chi connectivity index (χ4v) is 3.94. The third-order valence-corrected chi connectivity index (χ3v) is 5.66. The SMILES string of the molecule is COc1ccc(C(=O)N2CCN(CCc3c[nH]c4ccccc34)CC2)cc1OC. The molecule has 2 aromatic carbocycles. The van der Waals surface area contributed by atoms with Crippen LogP contribution in [0.4, 0.5) is 0 Å². The van der Waals surface area contributed by atoms with E-state index in [0.717, 1.165) is 39.1 Å². The van der Waals surface area contributed by atoms with E-state index >= 15 is 0 Å². The zero-order valence-electron chi connectivity index (χ0n) is 17.0. The van der Waals surface area contributed by atoms with Crippen molar-refractivity contribution >= 4 is 16.8 Å². The van der Waals surface area contributed by atoms with Gasteiger partial charge in [-0.1, -0.05) is 18.2 Å². The summed E-state index contributed by atoms with van der Waals surface area (Å²) in [6, 6.07) is 13.7. The first-order chi connectivity index (χ1) is 14.2. The predicted octanol–water partition coefficient (Wildman–Crippen LogP) is 3.19. The van der Waals surface area contributed by atoms with Gasteiger partial charge in [0.25, 0.3) is 5.91 Å². The average Bonchev–Trinajstić information content (AvgIpc) is 3.20. The molecule has 1 saturated heterocycles. The van der Waals surface area contributed by atoms with Gasteiger partial charge in [-0.05, 0) is 36.2 Å². The Bertz CT molecular complexity index is 990. The van der Waals surface area contributed by atoms with Gasteiger partial charge in [0.05, 0.1) is 14.2 Å². The third-order valence-electron chi connectivity index (χ3n) is 5.66. The van der Waals surface area contributed by atoms with E-state index in [9.17, 15) is 4.79 Å². The molecule has 1 aliphatic heterocycles. The number of para-hydroxylation sites is 1. The number of ether oxygens (including phenoxy) is 2. The van der Waals surface area contributed by atoms with Crippen LogP contribution in [0.3, 0.4) is 0 Å². The molecule has 6 heteroatoms. The number of amides is 1. The lowest BCUT2D eigenvalue weighted by molar-refractivity contribution is 0.0638. The Kier molecular flexibility index (Phi) is 5.71. The Morgan fingerprint density at radius 3 is 2.52 bits per heavy atom. The number of nitrogens with one attached hydrogen (secondary N) is 1. The van der Waals surface area contributed by atoms with Gasteiger partial charge in [-0.3, -0.25) is 9.69 Å². The van der Waals surface area contributed by atoms with Crippen LogP contribution in [0.25, 0.3) is 10.9 Å². The van der Waals surface area contributed by atoms with Crippen molar-refractivity contribution < 1.29 is 14.3 Å². The number of hydrogen-bond donors (Lipinski definition) is 1. The van der Waals surface area contributed by atoms with Gasteiger partial charge in [0.1, 0.15) is 0 Å². The molecule has 0 saturated carbocycles. The predicted molar refractivity (Wildman–Crippen MR) is 114 cm³/mol. The number of fused-ring (bicyclic) bond motifs is 1. The van der Waals surface area contributed by atoms with E-state index in [1.807, 2.05) is 4.90 Å². The van der Waals surface area contributed by atoms with Crippen LogP contribution >= 0.6 is 0 Å². The summed E-state index contributed by atoms with van der Waals surface area (Å²) in [6.45, 7) is 4.26. The minimum absolute atomic E-state index is 0.0437. The van der Waals surface area contributed by atoms with Crippen molar-refractivity contribution in [2.45, 2.75) is 6.42 Å². The van der Waals surface area contributed by atoms with E-state index in [1.54, 1.807) is 32.4 Å². The highest BCUT2D eigenvalue weighted by molar-refractivity contribution is 5.95. The maximum absolute atomic E-state index is 12.9. The molecule has 0 radical (unpaired) electrons. The number of piperazine rings is 1. The molecule has 0 spiro atoms. The number of hydrogen-bond acceptors (Lipinski definition) is 4. The lowest BCUT2D eigenvalue weighted by Crippen LogP contribution is -2.49. The topological polar surface area (TPSA) is 57.8 Å². The second-order valence-electron chi connectivity index (χ2n) is 7.31. The van der Waals surface area contributed by atoms with Crippen LogP contribution in [0.1, 0.15) is 15.9 Å². The quantitative estimate of drug-likeness (QED) is 0.699. The number of aromatic amines is 1. The lowest BCUT2D eigenvalue weighted by Gasteiger charge is -2.34. The molecule has 1 fully saturated rings. The van der Waals surface area contributed by atoms with Crippen molar-refractivity contribution in [3.05, 3.63) is 59.8 Å². The molecule has 6 nitrogen and oxygen atoms in total. The van der Waals surface area contributed by atoms with Crippen molar-refractivity contribution in [1.82, 2.24) is 14.8 Å². The van der Waals surface area contributed by atoms with Crippen LogP contribution < -0.4 is 9.47 Å². The van der Waals surface area contributed by atoms with Crippen LogP contribution in [0, 0.1) is 0 Å². The van der Waals surface area contributed by atoms with Crippen LogP contribution in [0.15, 0.2) is 48.7 Å². The molecule has 1 N–H and O–H groups in total. The maximum atomic E-state index is 12.9. The summed E-state index contributed by atoms with van der Waals surface area (Å²) in [5, 5.41) is 1.30. The monoisotopic (exact) mass is 393 g/mol. The number of carbonyl (C=O) groups excluding carboxylic acids is 1. The largest absolute Gasteiger partial charge is 0.493 e. The van der Waals surface area contributed by atoms with Gasteiger partial charge in [0, 0.05) is 55.4 Å². The number of H-pyrrole nitrogens is 1. The minimum atomic E-state index is 0.0437. The van der Waals surface area contributed by atoms with Crippen molar-refractivity contribution in [3.8, 4) is 11.5 Å². The summed E-state index contributed by atoms with van der Waals surface area (Å²) in [5.41, 5.74) is 3.17. The van der Waals surface area contributed by atoms with E-state index in [2.05, 4.69) is 40.3 Å². The molecule has 1 aromatic heterocycles. The lowest BCUT2D eigenvalue weighted by atomic mass is 10.1. The molecule has 152 valence electrons. The second kappa shape index (κ2) is 8.57. The van der Waals surface area contributed by atoms with Crippen LogP contribution in [-0.4, -0.2) is 67.6 Å².